The normalized spacial score (nSPS) is 10.8. The van der Waals surface area contributed by atoms with Gasteiger partial charge in [-0.1, -0.05) is 0 Å². The molecule has 2 aromatic rings. The average molecular weight is 294 g/mol. The highest BCUT2D eigenvalue weighted by Gasteiger charge is 2.26. The van der Waals surface area contributed by atoms with Crippen LogP contribution in [0.3, 0.4) is 0 Å². The molecule has 0 saturated heterocycles. The fourth-order valence-corrected chi connectivity index (χ4v) is 1.61. The number of benzene rings is 1. The smallest absolute Gasteiger partial charge is 0.274 e. The van der Waals surface area contributed by atoms with E-state index in [1.807, 2.05) is 0 Å². The second-order valence-electron chi connectivity index (χ2n) is 3.53. The highest BCUT2D eigenvalue weighted by atomic mass is 35.5. The van der Waals surface area contributed by atoms with Crippen LogP contribution in [-0.4, -0.2) is 10.2 Å². The standard InChI is InChI=1S/C11H4ClF4NO2/c1-3-17-9(11(12)18)10(19-3)4-2-5(13)7(15)8(16)6(4)14/h2H,1H3. The van der Waals surface area contributed by atoms with E-state index in [0.717, 1.165) is 0 Å². The molecular formula is C11H4ClF4NO2. The summed E-state index contributed by atoms with van der Waals surface area (Å²) < 4.78 is 57.5. The Kier molecular flexibility index (Phi) is 3.32. The van der Waals surface area contributed by atoms with Gasteiger partial charge in [-0.2, -0.15) is 0 Å². The number of aromatic nitrogens is 1. The van der Waals surface area contributed by atoms with Gasteiger partial charge >= 0.3 is 0 Å². The third-order valence-corrected chi connectivity index (χ3v) is 2.45. The molecule has 8 heteroatoms. The molecule has 0 N–H and O–H groups in total. The molecule has 3 nitrogen and oxygen atoms in total. The predicted molar refractivity (Wildman–Crippen MR) is 56.7 cm³/mol. The van der Waals surface area contributed by atoms with Crippen molar-refractivity contribution in [2.45, 2.75) is 6.92 Å². The van der Waals surface area contributed by atoms with Gasteiger partial charge in [0.15, 0.2) is 40.6 Å². The van der Waals surface area contributed by atoms with E-state index in [0.29, 0.717) is 6.07 Å². The molecular weight excluding hydrogens is 290 g/mol. The molecule has 100 valence electrons. The average Bonchev–Trinajstić information content (AvgIpc) is 2.73. The molecule has 0 amide bonds. The fourth-order valence-electron chi connectivity index (χ4n) is 1.48. The second kappa shape index (κ2) is 4.65. The predicted octanol–water partition coefficient (Wildman–Crippen LogP) is 3.59. The van der Waals surface area contributed by atoms with Crippen molar-refractivity contribution in [2.75, 3.05) is 0 Å². The molecule has 0 aliphatic rings. The lowest BCUT2D eigenvalue weighted by molar-refractivity contribution is 0.107. The van der Waals surface area contributed by atoms with Gasteiger partial charge in [0.1, 0.15) is 0 Å². The Balaban J connectivity index is 2.76. The van der Waals surface area contributed by atoms with Crippen LogP contribution >= 0.6 is 11.6 Å². The summed E-state index contributed by atoms with van der Waals surface area (Å²) in [5.41, 5.74) is -1.29. The Hall–Kier alpha value is -1.89. The van der Waals surface area contributed by atoms with Gasteiger partial charge in [0.05, 0.1) is 5.56 Å². The van der Waals surface area contributed by atoms with Crippen molar-refractivity contribution in [2.24, 2.45) is 0 Å². The van der Waals surface area contributed by atoms with Crippen LogP contribution in [0, 0.1) is 30.2 Å². The zero-order chi connectivity index (χ0) is 14.3. The molecule has 0 aliphatic carbocycles. The van der Waals surface area contributed by atoms with Crippen molar-refractivity contribution in [3.05, 3.63) is 40.9 Å². The summed E-state index contributed by atoms with van der Waals surface area (Å²) in [6, 6.07) is 0.358. The zero-order valence-electron chi connectivity index (χ0n) is 9.23. The summed E-state index contributed by atoms with van der Waals surface area (Å²) >= 11 is 5.19. The first-order valence-electron chi connectivity index (χ1n) is 4.83. The lowest BCUT2D eigenvalue weighted by atomic mass is 10.1. The van der Waals surface area contributed by atoms with E-state index in [2.05, 4.69) is 4.98 Å². The molecule has 0 bridgehead atoms. The van der Waals surface area contributed by atoms with Crippen LogP contribution in [0.25, 0.3) is 11.3 Å². The van der Waals surface area contributed by atoms with E-state index in [-0.39, 0.29) is 5.89 Å². The first-order valence-corrected chi connectivity index (χ1v) is 5.21. The van der Waals surface area contributed by atoms with Crippen LogP contribution in [0.2, 0.25) is 0 Å². The van der Waals surface area contributed by atoms with Crippen molar-refractivity contribution in [1.82, 2.24) is 4.98 Å². The summed E-state index contributed by atoms with van der Waals surface area (Å²) in [6.07, 6.45) is 0. The van der Waals surface area contributed by atoms with E-state index in [1.165, 1.54) is 6.92 Å². The van der Waals surface area contributed by atoms with Gasteiger partial charge in [-0.3, -0.25) is 4.79 Å². The van der Waals surface area contributed by atoms with Gasteiger partial charge in [0.25, 0.3) is 5.24 Å². The molecule has 0 atom stereocenters. The Bertz CT molecular complexity index is 684. The van der Waals surface area contributed by atoms with E-state index >= 15 is 0 Å². The first kappa shape index (κ1) is 13.5. The molecule has 0 aliphatic heterocycles. The Labute approximate surface area is 108 Å². The first-order chi connectivity index (χ1) is 8.82. The fraction of sp³-hybridized carbons (Fsp3) is 0.0909. The molecule has 1 heterocycles. The Morgan fingerprint density at radius 2 is 1.84 bits per heavy atom. The van der Waals surface area contributed by atoms with Gasteiger partial charge < -0.3 is 4.42 Å². The van der Waals surface area contributed by atoms with Crippen LogP contribution in [0.5, 0.6) is 0 Å². The summed E-state index contributed by atoms with van der Waals surface area (Å²) in [5.74, 6) is -7.94. The van der Waals surface area contributed by atoms with Gasteiger partial charge in [0.2, 0.25) is 0 Å². The molecule has 1 aromatic heterocycles. The van der Waals surface area contributed by atoms with Crippen LogP contribution in [0.1, 0.15) is 16.4 Å². The highest BCUT2D eigenvalue weighted by Crippen LogP contribution is 2.31. The minimum absolute atomic E-state index is 0.0662. The number of rotatable bonds is 2. The quantitative estimate of drug-likeness (QED) is 0.368. The van der Waals surface area contributed by atoms with Crippen LogP contribution in [-0.2, 0) is 0 Å². The van der Waals surface area contributed by atoms with Crippen molar-refractivity contribution in [3.63, 3.8) is 0 Å². The van der Waals surface area contributed by atoms with Crippen molar-refractivity contribution < 1.29 is 26.8 Å². The minimum atomic E-state index is -2.02. The molecule has 2 rings (SSSR count). The third kappa shape index (κ3) is 2.21. The van der Waals surface area contributed by atoms with Crippen LogP contribution in [0.15, 0.2) is 10.5 Å². The van der Waals surface area contributed by atoms with E-state index in [1.54, 1.807) is 0 Å². The number of carbonyl (C=O) groups is 1. The lowest BCUT2D eigenvalue weighted by Gasteiger charge is -2.03. The van der Waals surface area contributed by atoms with Crippen LogP contribution < -0.4 is 0 Å². The second-order valence-corrected chi connectivity index (χ2v) is 3.88. The molecule has 0 unspecified atom stereocenters. The van der Waals surface area contributed by atoms with Crippen molar-refractivity contribution in [3.8, 4) is 11.3 Å². The number of carbonyl (C=O) groups excluding carboxylic acids is 1. The van der Waals surface area contributed by atoms with E-state index in [9.17, 15) is 22.4 Å². The largest absolute Gasteiger partial charge is 0.440 e. The van der Waals surface area contributed by atoms with Crippen molar-refractivity contribution >= 4 is 16.8 Å². The van der Waals surface area contributed by atoms with E-state index in [4.69, 9.17) is 16.0 Å². The molecule has 0 saturated carbocycles. The van der Waals surface area contributed by atoms with Gasteiger partial charge in [-0.05, 0) is 17.7 Å². The number of halogens is 5. The number of oxazole rings is 1. The van der Waals surface area contributed by atoms with Crippen molar-refractivity contribution in [1.29, 1.82) is 0 Å². The SMILES string of the molecule is Cc1nc(C(=O)Cl)c(-c2cc(F)c(F)c(F)c2F)o1. The molecule has 0 fully saturated rings. The topological polar surface area (TPSA) is 43.1 Å². The maximum Gasteiger partial charge on any atom is 0.274 e. The summed E-state index contributed by atoms with van der Waals surface area (Å²) in [7, 11) is 0. The Morgan fingerprint density at radius 3 is 2.42 bits per heavy atom. The molecule has 1 aromatic carbocycles. The minimum Gasteiger partial charge on any atom is -0.440 e. The molecule has 0 spiro atoms. The molecule has 0 radical (unpaired) electrons. The zero-order valence-corrected chi connectivity index (χ0v) is 9.99. The number of hydrogen-bond acceptors (Lipinski definition) is 3. The Morgan fingerprint density at radius 1 is 1.21 bits per heavy atom. The van der Waals surface area contributed by atoms with Gasteiger partial charge in [-0.25, -0.2) is 22.5 Å². The van der Waals surface area contributed by atoms with E-state index < -0.39 is 45.5 Å². The van der Waals surface area contributed by atoms with Gasteiger partial charge in [-0.15, -0.1) is 0 Å². The maximum absolute atomic E-state index is 13.6. The number of hydrogen-bond donors (Lipinski definition) is 0. The maximum atomic E-state index is 13.6. The van der Waals surface area contributed by atoms with Crippen LogP contribution in [0.4, 0.5) is 17.6 Å². The highest BCUT2D eigenvalue weighted by molar-refractivity contribution is 6.67. The monoisotopic (exact) mass is 293 g/mol. The summed E-state index contributed by atoms with van der Waals surface area (Å²) in [6.45, 7) is 1.32. The third-order valence-electron chi connectivity index (χ3n) is 2.27. The van der Waals surface area contributed by atoms with Gasteiger partial charge in [0, 0.05) is 6.92 Å². The lowest BCUT2D eigenvalue weighted by Crippen LogP contribution is -2.00. The number of nitrogens with zero attached hydrogens (tertiary/aromatic N) is 1. The molecule has 19 heavy (non-hydrogen) atoms. The summed E-state index contributed by atoms with van der Waals surface area (Å²) in [4.78, 5) is 14.6. The summed E-state index contributed by atoms with van der Waals surface area (Å²) in [5, 5.41) is -1.10. The number of aryl methyl sites for hydroxylation is 1.